The van der Waals surface area contributed by atoms with Crippen LogP contribution in [0.4, 0.5) is 0 Å². The summed E-state index contributed by atoms with van der Waals surface area (Å²) >= 11 is 3.53. The van der Waals surface area contributed by atoms with Gasteiger partial charge >= 0.3 is 0 Å². The fourth-order valence-corrected chi connectivity index (χ4v) is 1.79. The van der Waals surface area contributed by atoms with Crippen LogP contribution in [0.15, 0.2) is 4.47 Å². The highest BCUT2D eigenvalue weighted by molar-refractivity contribution is 9.10. The Bertz CT molecular complexity index is 307. The Morgan fingerprint density at radius 2 is 2.07 bits per heavy atom. The van der Waals surface area contributed by atoms with Gasteiger partial charge in [-0.1, -0.05) is 13.3 Å². The van der Waals surface area contributed by atoms with Crippen molar-refractivity contribution in [2.24, 2.45) is 0 Å². The molecule has 1 heterocycles. The smallest absolute Gasteiger partial charge is 0.0738 e. The van der Waals surface area contributed by atoms with Crippen molar-refractivity contribution in [2.45, 2.75) is 40.2 Å². The fourth-order valence-electron chi connectivity index (χ4n) is 1.50. The van der Waals surface area contributed by atoms with E-state index in [1.807, 2.05) is 6.92 Å². The lowest BCUT2D eigenvalue weighted by Gasteiger charge is -2.05. The van der Waals surface area contributed by atoms with Crippen molar-refractivity contribution in [2.75, 3.05) is 13.1 Å². The van der Waals surface area contributed by atoms with Gasteiger partial charge in [0.1, 0.15) is 0 Å². The predicted molar refractivity (Wildman–Crippen MR) is 67.2 cm³/mol. The van der Waals surface area contributed by atoms with E-state index in [0.29, 0.717) is 0 Å². The maximum Gasteiger partial charge on any atom is 0.0738 e. The number of nitrogens with zero attached hydrogens (tertiary/aromatic N) is 2. The van der Waals surface area contributed by atoms with Crippen molar-refractivity contribution in [1.29, 1.82) is 0 Å². The first kappa shape index (κ1) is 12.7. The number of nitrogens with one attached hydrogen (secondary N) is 1. The number of aromatic nitrogens is 2. The van der Waals surface area contributed by atoms with E-state index in [-0.39, 0.29) is 0 Å². The monoisotopic (exact) mass is 273 g/mol. The summed E-state index contributed by atoms with van der Waals surface area (Å²) in [5, 5.41) is 7.87. The largest absolute Gasteiger partial charge is 0.315 e. The van der Waals surface area contributed by atoms with E-state index in [4.69, 9.17) is 0 Å². The topological polar surface area (TPSA) is 29.9 Å². The van der Waals surface area contributed by atoms with E-state index in [1.54, 1.807) is 0 Å². The molecule has 1 aromatic rings. The molecule has 86 valence electrons. The molecule has 0 saturated heterocycles. The van der Waals surface area contributed by atoms with Crippen molar-refractivity contribution >= 4 is 15.9 Å². The minimum Gasteiger partial charge on any atom is -0.315 e. The lowest BCUT2D eigenvalue weighted by Crippen LogP contribution is -2.21. The minimum absolute atomic E-state index is 0.946. The molecule has 1 rings (SSSR count). The molecular weight excluding hydrogens is 254 g/mol. The van der Waals surface area contributed by atoms with Gasteiger partial charge in [0.2, 0.25) is 0 Å². The first-order valence-corrected chi connectivity index (χ1v) is 6.36. The van der Waals surface area contributed by atoms with Crippen molar-refractivity contribution in [3.63, 3.8) is 0 Å². The summed E-state index contributed by atoms with van der Waals surface area (Å²) in [7, 11) is 0. The van der Waals surface area contributed by atoms with E-state index in [9.17, 15) is 0 Å². The lowest BCUT2D eigenvalue weighted by atomic mass is 10.3. The van der Waals surface area contributed by atoms with Crippen LogP contribution >= 0.6 is 15.9 Å². The van der Waals surface area contributed by atoms with Crippen molar-refractivity contribution in [3.05, 3.63) is 15.9 Å². The highest BCUT2D eigenvalue weighted by Gasteiger charge is 2.07. The zero-order valence-corrected chi connectivity index (χ0v) is 11.4. The SMILES string of the molecule is CCCCNCCn1nc(C)c(Br)c1C. The highest BCUT2D eigenvalue weighted by Crippen LogP contribution is 2.19. The van der Waals surface area contributed by atoms with Crippen LogP contribution in [0.1, 0.15) is 31.2 Å². The second-order valence-electron chi connectivity index (χ2n) is 3.81. The number of unbranched alkanes of at least 4 members (excludes halogenated alkanes) is 1. The molecule has 0 unspecified atom stereocenters. The molecule has 0 amide bonds. The normalized spacial score (nSPS) is 10.9. The maximum atomic E-state index is 4.46. The van der Waals surface area contributed by atoms with Crippen molar-refractivity contribution in [3.8, 4) is 0 Å². The molecule has 0 radical (unpaired) electrons. The van der Waals surface area contributed by atoms with E-state index < -0.39 is 0 Å². The van der Waals surface area contributed by atoms with Gasteiger partial charge in [0.25, 0.3) is 0 Å². The molecule has 0 atom stereocenters. The van der Waals surface area contributed by atoms with Crippen molar-refractivity contribution < 1.29 is 0 Å². The van der Waals surface area contributed by atoms with Crippen LogP contribution in [0.3, 0.4) is 0 Å². The Hall–Kier alpha value is -0.350. The first-order chi connectivity index (χ1) is 7.16. The molecule has 1 N–H and O–H groups in total. The molecule has 0 aromatic carbocycles. The van der Waals surface area contributed by atoms with Gasteiger partial charge in [-0.3, -0.25) is 4.68 Å². The second-order valence-corrected chi connectivity index (χ2v) is 4.60. The third-order valence-corrected chi connectivity index (χ3v) is 3.65. The molecule has 0 spiro atoms. The van der Waals surface area contributed by atoms with Crippen LogP contribution in [-0.4, -0.2) is 22.9 Å². The van der Waals surface area contributed by atoms with Crippen LogP contribution in [0, 0.1) is 13.8 Å². The zero-order valence-electron chi connectivity index (χ0n) is 9.81. The number of hydrogen-bond acceptors (Lipinski definition) is 2. The molecule has 1 aromatic heterocycles. The third kappa shape index (κ3) is 3.61. The Morgan fingerprint density at radius 1 is 1.33 bits per heavy atom. The Labute approximate surface area is 100 Å². The summed E-state index contributed by atoms with van der Waals surface area (Å²) in [4.78, 5) is 0. The summed E-state index contributed by atoms with van der Waals surface area (Å²) in [6, 6.07) is 0. The summed E-state index contributed by atoms with van der Waals surface area (Å²) in [5.74, 6) is 0. The average Bonchev–Trinajstić information content (AvgIpc) is 2.46. The summed E-state index contributed by atoms with van der Waals surface area (Å²) in [6.07, 6.45) is 2.50. The number of halogens is 1. The van der Waals surface area contributed by atoms with Crippen LogP contribution < -0.4 is 5.32 Å². The average molecular weight is 274 g/mol. The molecule has 4 heteroatoms. The Kier molecular flexibility index (Phi) is 5.32. The molecule has 0 bridgehead atoms. The Morgan fingerprint density at radius 3 is 2.60 bits per heavy atom. The van der Waals surface area contributed by atoms with E-state index in [1.165, 1.54) is 18.5 Å². The van der Waals surface area contributed by atoms with Gasteiger partial charge in [-0.05, 0) is 42.7 Å². The van der Waals surface area contributed by atoms with Gasteiger partial charge in [0, 0.05) is 12.2 Å². The number of aryl methyl sites for hydroxylation is 1. The minimum atomic E-state index is 0.946. The van der Waals surface area contributed by atoms with Crippen LogP contribution in [-0.2, 0) is 6.54 Å². The molecule has 15 heavy (non-hydrogen) atoms. The van der Waals surface area contributed by atoms with Gasteiger partial charge in [0.05, 0.1) is 16.7 Å². The molecular formula is C11H20BrN3. The van der Waals surface area contributed by atoms with Gasteiger partial charge in [0.15, 0.2) is 0 Å². The second kappa shape index (κ2) is 6.28. The first-order valence-electron chi connectivity index (χ1n) is 5.57. The zero-order chi connectivity index (χ0) is 11.3. The highest BCUT2D eigenvalue weighted by atomic mass is 79.9. The maximum absolute atomic E-state index is 4.46. The van der Waals surface area contributed by atoms with E-state index in [2.05, 4.69) is 44.9 Å². The molecule has 0 aliphatic rings. The number of rotatable bonds is 6. The standard InChI is InChI=1S/C11H20BrN3/c1-4-5-6-13-7-8-15-10(3)11(12)9(2)14-15/h13H,4-8H2,1-3H3. The fraction of sp³-hybridized carbons (Fsp3) is 0.727. The summed E-state index contributed by atoms with van der Waals surface area (Å²) in [5.41, 5.74) is 2.28. The quantitative estimate of drug-likeness (QED) is 0.808. The Balaban J connectivity index is 2.34. The molecule has 3 nitrogen and oxygen atoms in total. The molecule has 0 aliphatic carbocycles. The van der Waals surface area contributed by atoms with E-state index >= 15 is 0 Å². The molecule has 0 fully saturated rings. The molecule has 0 aliphatic heterocycles. The van der Waals surface area contributed by atoms with Crippen LogP contribution in [0.5, 0.6) is 0 Å². The van der Waals surface area contributed by atoms with Crippen LogP contribution in [0.25, 0.3) is 0 Å². The third-order valence-electron chi connectivity index (χ3n) is 2.50. The van der Waals surface area contributed by atoms with Crippen LogP contribution in [0.2, 0.25) is 0 Å². The van der Waals surface area contributed by atoms with Gasteiger partial charge in [-0.2, -0.15) is 5.10 Å². The van der Waals surface area contributed by atoms with E-state index in [0.717, 1.165) is 29.8 Å². The van der Waals surface area contributed by atoms with Gasteiger partial charge in [-0.15, -0.1) is 0 Å². The number of hydrogen-bond donors (Lipinski definition) is 1. The lowest BCUT2D eigenvalue weighted by molar-refractivity contribution is 0.534. The summed E-state index contributed by atoms with van der Waals surface area (Å²) in [6.45, 7) is 9.38. The summed E-state index contributed by atoms with van der Waals surface area (Å²) < 4.78 is 3.19. The predicted octanol–water partition coefficient (Wildman–Crippen LogP) is 2.65. The van der Waals surface area contributed by atoms with Gasteiger partial charge < -0.3 is 5.32 Å². The molecule has 0 saturated carbocycles. The van der Waals surface area contributed by atoms with Crippen molar-refractivity contribution in [1.82, 2.24) is 15.1 Å². The van der Waals surface area contributed by atoms with Gasteiger partial charge in [-0.25, -0.2) is 0 Å².